The highest BCUT2D eigenvalue weighted by atomic mass is 19.4. The molecule has 1 N–H and O–H groups in total. The van der Waals surface area contributed by atoms with Gasteiger partial charge in [-0.3, -0.25) is 0 Å². The monoisotopic (exact) mass is 317 g/mol. The molecular weight excluding hydrogens is 307 g/mol. The second-order valence-corrected chi connectivity index (χ2v) is 4.50. The number of alkyl halides is 6. The molecule has 1 aromatic carbocycles. The quantitative estimate of drug-likeness (QED) is 0.800. The van der Waals surface area contributed by atoms with Crippen molar-refractivity contribution in [2.75, 3.05) is 19.8 Å². The van der Waals surface area contributed by atoms with E-state index in [2.05, 4.69) is 5.32 Å². The first-order chi connectivity index (χ1) is 9.60. The summed E-state index contributed by atoms with van der Waals surface area (Å²) in [7, 11) is 0. The third-order valence-corrected chi connectivity index (χ3v) is 3.03. The number of nitrogens with one attached hydrogen (secondary N) is 1. The van der Waals surface area contributed by atoms with Crippen molar-refractivity contribution in [3.63, 3.8) is 0 Å². The minimum Gasteiger partial charge on any atom is -0.378 e. The molecule has 2 rings (SSSR count). The first-order valence-corrected chi connectivity index (χ1v) is 5.89. The van der Waals surface area contributed by atoms with Crippen LogP contribution in [0, 0.1) is 5.82 Å². The van der Waals surface area contributed by atoms with E-state index >= 15 is 0 Å². The summed E-state index contributed by atoms with van der Waals surface area (Å²) in [6.45, 7) is 0.174. The van der Waals surface area contributed by atoms with E-state index in [1.165, 1.54) is 0 Å². The molecule has 0 bridgehead atoms. The highest BCUT2D eigenvalue weighted by molar-refractivity contribution is 5.39. The van der Waals surface area contributed by atoms with Crippen LogP contribution in [-0.4, -0.2) is 19.8 Å². The Morgan fingerprint density at radius 1 is 1.05 bits per heavy atom. The molecule has 1 heterocycles. The Hall–Kier alpha value is -1.35. The average molecular weight is 317 g/mol. The molecule has 2 nitrogen and oxygen atoms in total. The number of hydrogen-bond donors (Lipinski definition) is 1. The Bertz CT molecular complexity index is 518. The van der Waals surface area contributed by atoms with Gasteiger partial charge < -0.3 is 10.1 Å². The summed E-state index contributed by atoms with van der Waals surface area (Å²) >= 11 is 0. The van der Waals surface area contributed by atoms with Gasteiger partial charge in [0, 0.05) is 12.1 Å². The Morgan fingerprint density at radius 3 is 2.19 bits per heavy atom. The van der Waals surface area contributed by atoms with E-state index in [9.17, 15) is 30.7 Å². The molecule has 0 unspecified atom stereocenters. The van der Waals surface area contributed by atoms with Crippen molar-refractivity contribution in [1.82, 2.24) is 5.32 Å². The zero-order valence-electron chi connectivity index (χ0n) is 10.4. The highest BCUT2D eigenvalue weighted by Crippen LogP contribution is 2.40. The predicted octanol–water partition coefficient (Wildman–Crippen LogP) is 3.52. The van der Waals surface area contributed by atoms with E-state index in [0.29, 0.717) is 0 Å². The van der Waals surface area contributed by atoms with Gasteiger partial charge in [0.2, 0.25) is 0 Å². The van der Waals surface area contributed by atoms with Gasteiger partial charge in [-0.15, -0.1) is 0 Å². The van der Waals surface area contributed by atoms with Crippen LogP contribution in [0.2, 0.25) is 0 Å². The van der Waals surface area contributed by atoms with Crippen LogP contribution in [-0.2, 0) is 17.1 Å². The maximum absolute atomic E-state index is 13.9. The highest BCUT2D eigenvalue weighted by Gasteiger charge is 2.41. The Morgan fingerprint density at radius 2 is 1.71 bits per heavy atom. The van der Waals surface area contributed by atoms with Crippen LogP contribution in [0.4, 0.5) is 30.7 Å². The van der Waals surface area contributed by atoms with Crippen molar-refractivity contribution in [3.8, 4) is 0 Å². The van der Waals surface area contributed by atoms with Gasteiger partial charge in [-0.25, -0.2) is 4.39 Å². The zero-order chi connectivity index (χ0) is 15.8. The first kappa shape index (κ1) is 16.0. The lowest BCUT2D eigenvalue weighted by molar-refractivity contribution is -0.144. The van der Waals surface area contributed by atoms with E-state index in [1.54, 1.807) is 0 Å². The average Bonchev–Trinajstić information content (AvgIpc) is 2.36. The molecule has 21 heavy (non-hydrogen) atoms. The van der Waals surface area contributed by atoms with Gasteiger partial charge in [0.05, 0.1) is 30.4 Å². The fourth-order valence-corrected chi connectivity index (χ4v) is 2.12. The first-order valence-electron chi connectivity index (χ1n) is 5.89. The minimum atomic E-state index is -5.10. The summed E-state index contributed by atoms with van der Waals surface area (Å²) in [6, 6.07) is -1.15. The molecule has 0 aliphatic carbocycles. The van der Waals surface area contributed by atoms with Crippen LogP contribution in [0.25, 0.3) is 0 Å². The smallest absolute Gasteiger partial charge is 0.378 e. The summed E-state index contributed by atoms with van der Waals surface area (Å²) in [5, 5.41) is 2.60. The lowest BCUT2D eigenvalue weighted by Gasteiger charge is -2.27. The van der Waals surface area contributed by atoms with Crippen molar-refractivity contribution in [3.05, 3.63) is 34.6 Å². The van der Waals surface area contributed by atoms with Crippen LogP contribution >= 0.6 is 0 Å². The zero-order valence-corrected chi connectivity index (χ0v) is 10.4. The van der Waals surface area contributed by atoms with E-state index in [4.69, 9.17) is 4.74 Å². The maximum atomic E-state index is 13.9. The number of halogens is 7. The third-order valence-electron chi connectivity index (χ3n) is 3.03. The van der Waals surface area contributed by atoms with Crippen LogP contribution < -0.4 is 5.32 Å². The summed E-state index contributed by atoms with van der Waals surface area (Å²) in [5.74, 6) is -1.56. The van der Waals surface area contributed by atoms with E-state index in [-0.39, 0.29) is 31.9 Å². The molecule has 0 radical (unpaired) electrons. The molecule has 9 heteroatoms. The topological polar surface area (TPSA) is 21.3 Å². The second-order valence-electron chi connectivity index (χ2n) is 4.50. The molecule has 118 valence electrons. The van der Waals surface area contributed by atoms with Gasteiger partial charge >= 0.3 is 12.4 Å². The summed E-state index contributed by atoms with van der Waals surface area (Å²) in [5.41, 5.74) is -4.17. The molecule has 0 saturated carbocycles. The normalized spacial score (nSPS) is 20.6. The molecule has 0 amide bonds. The van der Waals surface area contributed by atoms with Gasteiger partial charge in [-0.2, -0.15) is 26.3 Å². The predicted molar refractivity (Wildman–Crippen MR) is 58.0 cm³/mol. The Kier molecular flexibility index (Phi) is 4.16. The largest absolute Gasteiger partial charge is 0.416 e. The van der Waals surface area contributed by atoms with Crippen LogP contribution in [0.3, 0.4) is 0 Å². The lowest BCUT2D eigenvalue weighted by atomic mass is 9.96. The molecule has 1 aliphatic heterocycles. The summed E-state index contributed by atoms with van der Waals surface area (Å²) in [4.78, 5) is 0. The number of ether oxygens (including phenoxy) is 1. The molecule has 1 fully saturated rings. The second kappa shape index (κ2) is 5.45. The van der Waals surface area contributed by atoms with Gasteiger partial charge in [-0.05, 0) is 12.1 Å². The van der Waals surface area contributed by atoms with Crippen LogP contribution in [0.15, 0.2) is 12.1 Å². The van der Waals surface area contributed by atoms with Gasteiger partial charge in [-0.1, -0.05) is 0 Å². The number of hydrogen-bond acceptors (Lipinski definition) is 2. The van der Waals surface area contributed by atoms with Crippen molar-refractivity contribution < 1.29 is 35.5 Å². The fourth-order valence-electron chi connectivity index (χ4n) is 2.12. The molecule has 0 spiro atoms. The van der Waals surface area contributed by atoms with Crippen molar-refractivity contribution >= 4 is 0 Å². The van der Waals surface area contributed by atoms with Crippen LogP contribution in [0.1, 0.15) is 22.7 Å². The van der Waals surface area contributed by atoms with Gasteiger partial charge in [0.1, 0.15) is 5.82 Å². The Labute approximate surface area is 114 Å². The van der Waals surface area contributed by atoms with Gasteiger partial charge in [0.25, 0.3) is 0 Å². The lowest BCUT2D eigenvalue weighted by Crippen LogP contribution is -2.36. The summed E-state index contributed by atoms with van der Waals surface area (Å²) in [6.07, 6.45) is -10.2. The fraction of sp³-hybridized carbons (Fsp3) is 0.500. The van der Waals surface area contributed by atoms with Gasteiger partial charge in [0.15, 0.2) is 0 Å². The van der Waals surface area contributed by atoms with Crippen molar-refractivity contribution in [2.24, 2.45) is 0 Å². The maximum Gasteiger partial charge on any atom is 0.416 e. The van der Waals surface area contributed by atoms with Crippen LogP contribution in [0.5, 0.6) is 0 Å². The van der Waals surface area contributed by atoms with E-state index in [0.717, 1.165) is 0 Å². The molecule has 1 aromatic rings. The number of morpholine rings is 1. The van der Waals surface area contributed by atoms with E-state index < -0.39 is 40.9 Å². The SMILES string of the molecule is Fc1cc(C(F)(F)F)cc(C(F)(F)F)c1[C@H]1COCCN1. The van der Waals surface area contributed by atoms with Crippen molar-refractivity contribution in [2.45, 2.75) is 18.4 Å². The molecule has 0 aromatic heterocycles. The number of rotatable bonds is 1. The standard InChI is InChI=1S/C12H10F7NO/c13-8-4-6(11(14,15)16)3-7(12(17,18)19)10(8)9-5-21-2-1-20-9/h3-4,9,20H,1-2,5H2/t9-/m1/s1. The molecule has 1 aliphatic rings. The molecule has 1 atom stereocenters. The van der Waals surface area contributed by atoms with E-state index in [1.807, 2.05) is 0 Å². The third kappa shape index (κ3) is 3.46. The van der Waals surface area contributed by atoms with Crippen molar-refractivity contribution in [1.29, 1.82) is 0 Å². The molecule has 1 saturated heterocycles. The Balaban J connectivity index is 2.57. The molecular formula is C12H10F7NO. The summed E-state index contributed by atoms with van der Waals surface area (Å²) < 4.78 is 95.3. The number of benzene rings is 1. The minimum absolute atomic E-state index is 0.0703.